The normalized spacial score (nSPS) is 25.4. The van der Waals surface area contributed by atoms with E-state index < -0.39 is 0 Å². The van der Waals surface area contributed by atoms with Crippen molar-refractivity contribution in [2.24, 2.45) is 0 Å². The van der Waals surface area contributed by atoms with Crippen molar-refractivity contribution in [2.45, 2.75) is 18.1 Å². The molecule has 10 heavy (non-hydrogen) atoms. The fourth-order valence-electron chi connectivity index (χ4n) is 1.30. The van der Waals surface area contributed by atoms with Crippen molar-refractivity contribution >= 4 is 11.8 Å². The van der Waals surface area contributed by atoms with Gasteiger partial charge in [-0.1, -0.05) is 0 Å². The van der Waals surface area contributed by atoms with E-state index in [1.807, 2.05) is 18.0 Å². The molecule has 1 atom stereocenters. The van der Waals surface area contributed by atoms with Gasteiger partial charge in [-0.15, -0.1) is 0 Å². The molecule has 0 saturated carbocycles. The Balaban J connectivity index is 2.12. The van der Waals surface area contributed by atoms with E-state index in [2.05, 4.69) is 6.07 Å². The third-order valence-electron chi connectivity index (χ3n) is 1.84. The Hall–Kier alpha value is -0.370. The number of hydrogen-bond donors (Lipinski definition) is 0. The van der Waals surface area contributed by atoms with Crippen LogP contribution in [-0.2, 0) is 0 Å². The molecule has 1 unspecified atom stereocenters. The maximum Gasteiger partial charge on any atom is 0.0945 e. The van der Waals surface area contributed by atoms with Gasteiger partial charge in [-0.3, -0.25) is 0 Å². The number of rotatable bonds is 1. The van der Waals surface area contributed by atoms with Gasteiger partial charge in [-0.05, 0) is 24.7 Å². The zero-order valence-corrected chi connectivity index (χ0v) is 6.56. The molecule has 0 spiro atoms. The summed E-state index contributed by atoms with van der Waals surface area (Å²) in [5, 5.41) is 0.721. The Morgan fingerprint density at radius 1 is 1.60 bits per heavy atom. The number of furan rings is 1. The zero-order chi connectivity index (χ0) is 6.81. The highest BCUT2D eigenvalue weighted by molar-refractivity contribution is 7.99. The van der Waals surface area contributed by atoms with Crippen molar-refractivity contribution in [2.75, 3.05) is 5.75 Å². The molecule has 0 bridgehead atoms. The monoisotopic (exact) mass is 154 g/mol. The first-order valence-corrected chi connectivity index (χ1v) is 4.65. The van der Waals surface area contributed by atoms with Crippen LogP contribution in [0.2, 0.25) is 0 Å². The van der Waals surface area contributed by atoms with Crippen molar-refractivity contribution in [1.29, 1.82) is 0 Å². The second-order valence-corrected chi connectivity index (χ2v) is 3.87. The van der Waals surface area contributed by atoms with Crippen LogP contribution in [0.3, 0.4) is 0 Å². The van der Waals surface area contributed by atoms with Crippen LogP contribution in [0.1, 0.15) is 23.7 Å². The molecule has 1 aliphatic heterocycles. The van der Waals surface area contributed by atoms with Crippen molar-refractivity contribution in [3.05, 3.63) is 24.2 Å². The highest BCUT2D eigenvalue weighted by Gasteiger charge is 2.17. The summed E-state index contributed by atoms with van der Waals surface area (Å²) in [6, 6.07) is 2.07. The van der Waals surface area contributed by atoms with E-state index in [1.54, 1.807) is 6.26 Å². The van der Waals surface area contributed by atoms with E-state index in [9.17, 15) is 0 Å². The summed E-state index contributed by atoms with van der Waals surface area (Å²) in [6.07, 6.45) is 6.31. The second-order valence-electron chi connectivity index (χ2n) is 2.56. The Morgan fingerprint density at radius 2 is 2.60 bits per heavy atom. The minimum atomic E-state index is 0.721. The number of hydrogen-bond acceptors (Lipinski definition) is 2. The lowest BCUT2D eigenvalue weighted by atomic mass is 10.1. The molecule has 1 aromatic heterocycles. The second kappa shape index (κ2) is 2.70. The van der Waals surface area contributed by atoms with E-state index in [0.29, 0.717) is 0 Å². The zero-order valence-electron chi connectivity index (χ0n) is 5.75. The fourth-order valence-corrected chi connectivity index (χ4v) is 2.58. The van der Waals surface area contributed by atoms with Gasteiger partial charge >= 0.3 is 0 Å². The third-order valence-corrected chi connectivity index (χ3v) is 3.28. The summed E-state index contributed by atoms with van der Waals surface area (Å²) in [4.78, 5) is 0. The average molecular weight is 154 g/mol. The largest absolute Gasteiger partial charge is 0.472 e. The summed E-state index contributed by atoms with van der Waals surface area (Å²) >= 11 is 2.04. The highest BCUT2D eigenvalue weighted by Crippen LogP contribution is 2.39. The van der Waals surface area contributed by atoms with Gasteiger partial charge in [0.1, 0.15) is 0 Å². The molecule has 1 fully saturated rings. The lowest BCUT2D eigenvalue weighted by Crippen LogP contribution is -1.82. The molecule has 1 saturated heterocycles. The standard InChI is InChI=1S/C8H10OS/c1-2-8(10-5-1)7-3-4-9-6-7/h3-4,6,8H,1-2,5H2. The highest BCUT2D eigenvalue weighted by atomic mass is 32.2. The van der Waals surface area contributed by atoms with Crippen LogP contribution in [0.25, 0.3) is 0 Å². The molecule has 0 N–H and O–H groups in total. The van der Waals surface area contributed by atoms with Crippen molar-refractivity contribution in [1.82, 2.24) is 0 Å². The molecule has 1 nitrogen and oxygen atoms in total. The summed E-state index contributed by atoms with van der Waals surface area (Å²) in [5.41, 5.74) is 1.36. The fraction of sp³-hybridized carbons (Fsp3) is 0.500. The van der Waals surface area contributed by atoms with Gasteiger partial charge in [0, 0.05) is 10.8 Å². The Morgan fingerprint density at radius 3 is 3.20 bits per heavy atom. The van der Waals surface area contributed by atoms with Gasteiger partial charge in [0.05, 0.1) is 12.5 Å². The van der Waals surface area contributed by atoms with Crippen LogP contribution in [-0.4, -0.2) is 5.75 Å². The molecule has 1 aliphatic rings. The maximum absolute atomic E-state index is 5.01. The molecule has 0 amide bonds. The summed E-state index contributed by atoms with van der Waals surface area (Å²) in [5.74, 6) is 1.32. The predicted molar refractivity (Wildman–Crippen MR) is 43.1 cm³/mol. The topological polar surface area (TPSA) is 13.1 Å². The lowest BCUT2D eigenvalue weighted by Gasteiger charge is -2.01. The molecule has 2 heteroatoms. The van der Waals surface area contributed by atoms with Crippen LogP contribution in [0.15, 0.2) is 23.0 Å². The predicted octanol–water partition coefficient (Wildman–Crippen LogP) is 2.85. The van der Waals surface area contributed by atoms with Crippen LogP contribution >= 0.6 is 11.8 Å². The minimum absolute atomic E-state index is 0.721. The Kier molecular flexibility index (Phi) is 1.72. The van der Waals surface area contributed by atoms with Gasteiger partial charge in [0.15, 0.2) is 0 Å². The van der Waals surface area contributed by atoms with Crippen molar-refractivity contribution in [3.63, 3.8) is 0 Å². The van der Waals surface area contributed by atoms with Crippen LogP contribution < -0.4 is 0 Å². The van der Waals surface area contributed by atoms with E-state index in [4.69, 9.17) is 4.42 Å². The van der Waals surface area contributed by atoms with E-state index >= 15 is 0 Å². The minimum Gasteiger partial charge on any atom is -0.472 e. The molecule has 1 aromatic rings. The van der Waals surface area contributed by atoms with Gasteiger partial charge in [0.2, 0.25) is 0 Å². The molecule has 54 valence electrons. The summed E-state index contributed by atoms with van der Waals surface area (Å²) in [7, 11) is 0. The Labute approximate surface area is 64.8 Å². The summed E-state index contributed by atoms with van der Waals surface area (Å²) < 4.78 is 5.01. The summed E-state index contributed by atoms with van der Waals surface area (Å²) in [6.45, 7) is 0. The SMILES string of the molecule is c1cc(C2CCCS2)co1. The van der Waals surface area contributed by atoms with Crippen LogP contribution in [0.5, 0.6) is 0 Å². The molecular weight excluding hydrogens is 144 g/mol. The van der Waals surface area contributed by atoms with E-state index in [0.717, 1.165) is 5.25 Å². The van der Waals surface area contributed by atoms with Crippen molar-refractivity contribution < 1.29 is 4.42 Å². The van der Waals surface area contributed by atoms with E-state index in [1.165, 1.54) is 24.2 Å². The molecule has 0 aromatic carbocycles. The van der Waals surface area contributed by atoms with Crippen LogP contribution in [0.4, 0.5) is 0 Å². The molecule has 0 aliphatic carbocycles. The van der Waals surface area contributed by atoms with Gasteiger partial charge in [0.25, 0.3) is 0 Å². The van der Waals surface area contributed by atoms with Gasteiger partial charge in [-0.2, -0.15) is 11.8 Å². The van der Waals surface area contributed by atoms with E-state index in [-0.39, 0.29) is 0 Å². The van der Waals surface area contributed by atoms with Crippen molar-refractivity contribution in [3.8, 4) is 0 Å². The first-order chi connectivity index (χ1) is 4.97. The average Bonchev–Trinajstić information content (AvgIpc) is 2.59. The first-order valence-electron chi connectivity index (χ1n) is 3.60. The Bertz CT molecular complexity index is 187. The van der Waals surface area contributed by atoms with Gasteiger partial charge < -0.3 is 4.42 Å². The quantitative estimate of drug-likeness (QED) is 0.617. The molecule has 2 rings (SSSR count). The van der Waals surface area contributed by atoms with Crippen LogP contribution in [0, 0.1) is 0 Å². The molecule has 2 heterocycles. The lowest BCUT2D eigenvalue weighted by molar-refractivity contribution is 0.563. The third kappa shape index (κ3) is 1.08. The van der Waals surface area contributed by atoms with Gasteiger partial charge in [-0.25, -0.2) is 0 Å². The number of thioether (sulfide) groups is 1. The first kappa shape index (κ1) is 6.35. The maximum atomic E-state index is 5.01. The smallest absolute Gasteiger partial charge is 0.0945 e. The molecular formula is C8H10OS. The molecule has 0 radical (unpaired) electrons.